The Morgan fingerprint density at radius 1 is 1.15 bits per heavy atom. The summed E-state index contributed by atoms with van der Waals surface area (Å²) in [6.07, 6.45) is 4.68. The van der Waals surface area contributed by atoms with E-state index in [1.165, 1.54) is 12.1 Å². The lowest BCUT2D eigenvalue weighted by Crippen LogP contribution is -2.28. The Morgan fingerprint density at radius 2 is 1.89 bits per heavy atom. The Bertz CT molecular complexity index is 910. The minimum absolute atomic E-state index is 0.0353. The first-order valence-corrected chi connectivity index (χ1v) is 10.8. The molecular formula is C20H24N2O4S. The van der Waals surface area contributed by atoms with Crippen molar-refractivity contribution in [1.82, 2.24) is 0 Å². The molecule has 0 spiro atoms. The molecule has 7 heteroatoms. The van der Waals surface area contributed by atoms with Gasteiger partial charge in [-0.05, 0) is 61.2 Å². The Morgan fingerprint density at radius 3 is 2.52 bits per heavy atom. The molecule has 1 saturated carbocycles. The van der Waals surface area contributed by atoms with Crippen molar-refractivity contribution < 1.29 is 17.9 Å². The predicted molar refractivity (Wildman–Crippen MR) is 105 cm³/mol. The van der Waals surface area contributed by atoms with Gasteiger partial charge in [-0.1, -0.05) is 12.5 Å². The van der Waals surface area contributed by atoms with E-state index in [1.54, 1.807) is 36.4 Å². The molecule has 0 unspecified atom stereocenters. The summed E-state index contributed by atoms with van der Waals surface area (Å²) in [5.74, 6) is 1.21. The van der Waals surface area contributed by atoms with Gasteiger partial charge in [0.25, 0.3) is 0 Å². The molecule has 2 aromatic rings. The molecule has 6 nitrogen and oxygen atoms in total. The average Bonchev–Trinajstić information content (AvgIpc) is 3.01. The van der Waals surface area contributed by atoms with E-state index in [4.69, 9.17) is 10.5 Å². The molecule has 0 aliphatic heterocycles. The average molecular weight is 388 g/mol. The van der Waals surface area contributed by atoms with Crippen molar-refractivity contribution >= 4 is 21.4 Å². The van der Waals surface area contributed by atoms with Crippen LogP contribution in [0.4, 0.5) is 5.69 Å². The summed E-state index contributed by atoms with van der Waals surface area (Å²) in [6, 6.07) is 13.4. The SMILES string of the molecule is CS(=O)(=O)c1cccc(Oc2ccc(NC(=O)C[C@@H]3CCC[C@H]3N)cc2)c1. The highest BCUT2D eigenvalue weighted by atomic mass is 32.2. The van der Waals surface area contributed by atoms with E-state index in [2.05, 4.69) is 5.32 Å². The van der Waals surface area contributed by atoms with Crippen molar-refractivity contribution in [3.8, 4) is 11.5 Å². The highest BCUT2D eigenvalue weighted by molar-refractivity contribution is 7.90. The van der Waals surface area contributed by atoms with Crippen molar-refractivity contribution in [1.29, 1.82) is 0 Å². The van der Waals surface area contributed by atoms with Crippen LogP contribution in [-0.2, 0) is 14.6 Å². The van der Waals surface area contributed by atoms with E-state index in [0.29, 0.717) is 23.6 Å². The molecule has 0 aromatic heterocycles. The molecule has 2 aromatic carbocycles. The standard InChI is InChI=1S/C20H24N2O4S/c1-27(24,25)18-6-3-5-17(13-18)26-16-10-8-15(9-11-16)22-20(23)12-14-4-2-7-19(14)21/h3,5-6,8-11,13-14,19H,2,4,7,12,21H2,1H3,(H,22,23)/t14-,19+/m0/s1. The van der Waals surface area contributed by atoms with Crippen molar-refractivity contribution in [2.24, 2.45) is 11.7 Å². The third-order valence-corrected chi connectivity index (χ3v) is 5.88. The van der Waals surface area contributed by atoms with Crippen LogP contribution in [0.25, 0.3) is 0 Å². The van der Waals surface area contributed by atoms with Gasteiger partial charge in [-0.15, -0.1) is 0 Å². The number of rotatable bonds is 6. The zero-order valence-corrected chi connectivity index (χ0v) is 16.0. The predicted octanol–water partition coefficient (Wildman–Crippen LogP) is 3.34. The van der Waals surface area contributed by atoms with Gasteiger partial charge in [0.2, 0.25) is 5.91 Å². The van der Waals surface area contributed by atoms with Gasteiger partial charge >= 0.3 is 0 Å². The zero-order chi connectivity index (χ0) is 19.4. The molecule has 3 N–H and O–H groups in total. The number of carbonyl (C=O) groups excluding carboxylic acids is 1. The number of sulfone groups is 1. The lowest BCUT2D eigenvalue weighted by atomic mass is 10.00. The Balaban J connectivity index is 1.59. The van der Waals surface area contributed by atoms with E-state index >= 15 is 0 Å². The maximum absolute atomic E-state index is 12.2. The Hall–Kier alpha value is -2.38. The quantitative estimate of drug-likeness (QED) is 0.791. The summed E-state index contributed by atoms with van der Waals surface area (Å²) in [5, 5.41) is 2.88. The normalized spacial score (nSPS) is 19.6. The van der Waals surface area contributed by atoms with Crippen LogP contribution in [0.2, 0.25) is 0 Å². The number of nitrogens with one attached hydrogen (secondary N) is 1. The summed E-state index contributed by atoms with van der Waals surface area (Å²) >= 11 is 0. The fraction of sp³-hybridized carbons (Fsp3) is 0.350. The van der Waals surface area contributed by atoms with Crippen LogP contribution in [-0.4, -0.2) is 26.6 Å². The number of hydrogen-bond donors (Lipinski definition) is 2. The van der Waals surface area contributed by atoms with Crippen LogP contribution >= 0.6 is 0 Å². The van der Waals surface area contributed by atoms with E-state index in [9.17, 15) is 13.2 Å². The second kappa shape index (κ2) is 8.10. The van der Waals surface area contributed by atoms with Crippen LogP contribution in [0, 0.1) is 5.92 Å². The van der Waals surface area contributed by atoms with Crippen molar-refractivity contribution in [2.75, 3.05) is 11.6 Å². The molecule has 27 heavy (non-hydrogen) atoms. The number of anilines is 1. The lowest BCUT2D eigenvalue weighted by Gasteiger charge is -2.15. The number of hydrogen-bond acceptors (Lipinski definition) is 5. The summed E-state index contributed by atoms with van der Waals surface area (Å²) in [7, 11) is -3.29. The molecule has 144 valence electrons. The lowest BCUT2D eigenvalue weighted by molar-refractivity contribution is -0.117. The monoisotopic (exact) mass is 388 g/mol. The van der Waals surface area contributed by atoms with Crippen molar-refractivity contribution in [3.05, 3.63) is 48.5 Å². The van der Waals surface area contributed by atoms with Crippen LogP contribution in [0.5, 0.6) is 11.5 Å². The van der Waals surface area contributed by atoms with Gasteiger partial charge in [0.1, 0.15) is 11.5 Å². The Labute approximate surface area is 159 Å². The molecule has 0 bridgehead atoms. The van der Waals surface area contributed by atoms with Crippen LogP contribution < -0.4 is 15.8 Å². The largest absolute Gasteiger partial charge is 0.457 e. The maximum Gasteiger partial charge on any atom is 0.224 e. The zero-order valence-electron chi connectivity index (χ0n) is 15.2. The van der Waals surface area contributed by atoms with Crippen LogP contribution in [0.15, 0.2) is 53.4 Å². The van der Waals surface area contributed by atoms with Crippen molar-refractivity contribution in [2.45, 2.75) is 36.6 Å². The number of benzene rings is 2. The molecule has 1 fully saturated rings. The molecule has 0 radical (unpaired) electrons. The summed E-state index contributed by atoms with van der Waals surface area (Å²) in [6.45, 7) is 0. The van der Waals surface area contributed by atoms with Gasteiger partial charge in [0.05, 0.1) is 4.90 Å². The van der Waals surface area contributed by atoms with Gasteiger partial charge in [-0.2, -0.15) is 0 Å². The summed E-state index contributed by atoms with van der Waals surface area (Å²) < 4.78 is 29.0. The van der Waals surface area contributed by atoms with E-state index < -0.39 is 9.84 Å². The first kappa shape index (κ1) is 19.4. The third kappa shape index (κ3) is 5.30. The maximum atomic E-state index is 12.2. The summed E-state index contributed by atoms with van der Waals surface area (Å²) in [5.41, 5.74) is 6.70. The van der Waals surface area contributed by atoms with Gasteiger partial charge in [-0.3, -0.25) is 4.79 Å². The fourth-order valence-electron chi connectivity index (χ4n) is 3.28. The molecule has 1 aliphatic carbocycles. The van der Waals surface area contributed by atoms with Crippen LogP contribution in [0.3, 0.4) is 0 Å². The van der Waals surface area contributed by atoms with Gasteiger partial charge in [0.15, 0.2) is 9.84 Å². The van der Waals surface area contributed by atoms with E-state index in [-0.39, 0.29) is 22.8 Å². The number of ether oxygens (including phenoxy) is 1. The second-order valence-electron chi connectivity index (χ2n) is 6.98. The molecule has 3 rings (SSSR count). The van der Waals surface area contributed by atoms with Crippen LogP contribution in [0.1, 0.15) is 25.7 Å². The molecule has 0 heterocycles. The van der Waals surface area contributed by atoms with Gasteiger partial charge in [-0.25, -0.2) is 8.42 Å². The molecule has 1 amide bonds. The summed E-state index contributed by atoms with van der Waals surface area (Å²) in [4.78, 5) is 12.4. The number of carbonyl (C=O) groups is 1. The first-order chi connectivity index (χ1) is 12.8. The smallest absolute Gasteiger partial charge is 0.224 e. The topological polar surface area (TPSA) is 98.5 Å². The van der Waals surface area contributed by atoms with Gasteiger partial charge in [0, 0.05) is 24.4 Å². The number of amides is 1. The molecular weight excluding hydrogens is 364 g/mol. The van der Waals surface area contributed by atoms with E-state index in [0.717, 1.165) is 25.5 Å². The first-order valence-electron chi connectivity index (χ1n) is 8.95. The van der Waals surface area contributed by atoms with Crippen molar-refractivity contribution in [3.63, 3.8) is 0 Å². The fourth-order valence-corrected chi connectivity index (χ4v) is 3.94. The third-order valence-electron chi connectivity index (χ3n) is 4.77. The van der Waals surface area contributed by atoms with E-state index in [1.807, 2.05) is 0 Å². The Kier molecular flexibility index (Phi) is 5.82. The highest BCUT2D eigenvalue weighted by Gasteiger charge is 2.26. The molecule has 0 saturated heterocycles. The van der Waals surface area contributed by atoms with Gasteiger partial charge < -0.3 is 15.8 Å². The molecule has 1 aliphatic rings. The minimum atomic E-state index is -3.29. The highest BCUT2D eigenvalue weighted by Crippen LogP contribution is 2.28. The minimum Gasteiger partial charge on any atom is -0.457 e. The second-order valence-corrected chi connectivity index (χ2v) is 9.00. The number of nitrogens with two attached hydrogens (primary N) is 1. The molecule has 2 atom stereocenters.